The fourth-order valence-electron chi connectivity index (χ4n) is 0.924. The Hall–Kier alpha value is -0.850. The summed E-state index contributed by atoms with van der Waals surface area (Å²) in [5, 5.41) is 17.6. The number of aryl methyl sites for hydroxylation is 1. The lowest BCUT2D eigenvalue weighted by atomic mass is 10.2. The summed E-state index contributed by atoms with van der Waals surface area (Å²) in [7, 11) is 0. The molecule has 0 fully saturated rings. The summed E-state index contributed by atoms with van der Waals surface area (Å²) in [6.07, 6.45) is 1.38. The summed E-state index contributed by atoms with van der Waals surface area (Å²) >= 11 is 1.50. The van der Waals surface area contributed by atoms with Gasteiger partial charge in [0, 0.05) is 4.88 Å². The van der Waals surface area contributed by atoms with E-state index in [0.29, 0.717) is 0 Å². The minimum Gasteiger partial charge on any atom is -0.393 e. The van der Waals surface area contributed by atoms with Crippen LogP contribution in [-0.4, -0.2) is 11.2 Å². The van der Waals surface area contributed by atoms with Crippen molar-refractivity contribution in [3.05, 3.63) is 21.9 Å². The van der Waals surface area contributed by atoms with Crippen molar-refractivity contribution in [2.45, 2.75) is 25.9 Å². The van der Waals surface area contributed by atoms with E-state index in [-0.39, 0.29) is 6.10 Å². The van der Waals surface area contributed by atoms with Gasteiger partial charge in [-0.1, -0.05) is 0 Å². The van der Waals surface area contributed by atoms with E-state index in [1.54, 1.807) is 6.92 Å². The lowest BCUT2D eigenvalue weighted by Gasteiger charge is -2.00. The van der Waals surface area contributed by atoms with Crippen LogP contribution in [0, 0.1) is 11.3 Å². The molecule has 1 aromatic rings. The van der Waals surface area contributed by atoms with Gasteiger partial charge in [-0.05, 0) is 31.9 Å². The molecule has 0 aromatic carbocycles. The summed E-state index contributed by atoms with van der Waals surface area (Å²) in [5.74, 6) is 0. The largest absolute Gasteiger partial charge is 0.393 e. The minimum absolute atomic E-state index is 0.252. The highest BCUT2D eigenvalue weighted by Crippen LogP contribution is 2.17. The molecule has 0 unspecified atom stereocenters. The smallest absolute Gasteiger partial charge is 0.110 e. The van der Waals surface area contributed by atoms with Gasteiger partial charge in [-0.3, -0.25) is 0 Å². The number of nitrogens with zero attached hydrogens (tertiary/aromatic N) is 1. The number of aliphatic hydroxyl groups excluding tert-OH is 1. The average Bonchev–Trinajstić information content (AvgIpc) is 2.48. The van der Waals surface area contributed by atoms with Gasteiger partial charge in [0.15, 0.2) is 0 Å². The Balaban J connectivity index is 2.48. The quantitative estimate of drug-likeness (QED) is 0.774. The fourth-order valence-corrected chi connectivity index (χ4v) is 1.74. The SMILES string of the molecule is C[C@H](O)CCc1ccc(C#N)s1. The monoisotopic (exact) mass is 181 g/mol. The van der Waals surface area contributed by atoms with E-state index in [0.717, 1.165) is 17.7 Å². The maximum Gasteiger partial charge on any atom is 0.110 e. The van der Waals surface area contributed by atoms with Crippen LogP contribution >= 0.6 is 11.3 Å². The van der Waals surface area contributed by atoms with Crippen LogP contribution in [0.3, 0.4) is 0 Å². The zero-order valence-electron chi connectivity index (χ0n) is 6.95. The van der Waals surface area contributed by atoms with Crippen molar-refractivity contribution in [1.29, 1.82) is 5.26 Å². The number of nitriles is 1. The number of hydrogen-bond donors (Lipinski definition) is 1. The third kappa shape index (κ3) is 2.65. The average molecular weight is 181 g/mol. The molecule has 0 radical (unpaired) electrons. The molecule has 1 N–H and O–H groups in total. The maximum atomic E-state index is 9.02. The van der Waals surface area contributed by atoms with E-state index in [1.165, 1.54) is 16.2 Å². The highest BCUT2D eigenvalue weighted by atomic mass is 32.1. The van der Waals surface area contributed by atoms with Crippen LogP contribution in [0.5, 0.6) is 0 Å². The molecular formula is C9H11NOS. The predicted octanol–water partition coefficient (Wildman–Crippen LogP) is 1.93. The van der Waals surface area contributed by atoms with Crippen molar-refractivity contribution in [2.24, 2.45) is 0 Å². The van der Waals surface area contributed by atoms with Crippen molar-refractivity contribution in [1.82, 2.24) is 0 Å². The molecule has 0 aliphatic carbocycles. The number of rotatable bonds is 3. The Morgan fingerprint density at radius 3 is 2.92 bits per heavy atom. The van der Waals surface area contributed by atoms with E-state index < -0.39 is 0 Å². The van der Waals surface area contributed by atoms with Crippen molar-refractivity contribution in [3.8, 4) is 6.07 Å². The van der Waals surface area contributed by atoms with Gasteiger partial charge in [0.1, 0.15) is 10.9 Å². The Kier molecular flexibility index (Phi) is 3.27. The fraction of sp³-hybridized carbons (Fsp3) is 0.444. The van der Waals surface area contributed by atoms with Crippen molar-refractivity contribution >= 4 is 11.3 Å². The molecule has 1 aromatic heterocycles. The second kappa shape index (κ2) is 4.24. The molecule has 1 heterocycles. The molecule has 0 saturated carbocycles. The normalized spacial score (nSPS) is 12.4. The maximum absolute atomic E-state index is 9.02. The third-order valence-corrected chi connectivity index (χ3v) is 2.63. The van der Waals surface area contributed by atoms with Crippen LogP contribution in [0.4, 0.5) is 0 Å². The highest BCUT2D eigenvalue weighted by molar-refractivity contribution is 7.12. The third-order valence-electron chi connectivity index (χ3n) is 1.58. The van der Waals surface area contributed by atoms with Crippen LogP contribution in [-0.2, 0) is 6.42 Å². The number of aliphatic hydroxyl groups is 1. The van der Waals surface area contributed by atoms with E-state index in [2.05, 4.69) is 6.07 Å². The Morgan fingerprint density at radius 1 is 1.67 bits per heavy atom. The van der Waals surface area contributed by atoms with Crippen molar-refractivity contribution in [3.63, 3.8) is 0 Å². The summed E-state index contributed by atoms with van der Waals surface area (Å²) in [4.78, 5) is 1.92. The van der Waals surface area contributed by atoms with Gasteiger partial charge in [-0.15, -0.1) is 11.3 Å². The van der Waals surface area contributed by atoms with Crippen LogP contribution in [0.15, 0.2) is 12.1 Å². The molecule has 64 valence electrons. The first-order valence-corrected chi connectivity index (χ1v) is 4.71. The zero-order chi connectivity index (χ0) is 8.97. The molecule has 0 aliphatic rings. The second-order valence-electron chi connectivity index (χ2n) is 2.77. The molecule has 0 spiro atoms. The van der Waals surface area contributed by atoms with Gasteiger partial charge in [0.05, 0.1) is 6.10 Å². The van der Waals surface area contributed by atoms with E-state index in [1.807, 2.05) is 12.1 Å². The second-order valence-corrected chi connectivity index (χ2v) is 3.93. The summed E-state index contributed by atoms with van der Waals surface area (Å²) < 4.78 is 0. The predicted molar refractivity (Wildman–Crippen MR) is 49.0 cm³/mol. The Morgan fingerprint density at radius 2 is 2.42 bits per heavy atom. The first kappa shape index (κ1) is 9.24. The Labute approximate surface area is 76.1 Å². The molecule has 0 saturated heterocycles. The number of hydrogen-bond acceptors (Lipinski definition) is 3. The molecular weight excluding hydrogens is 170 g/mol. The first-order chi connectivity index (χ1) is 5.72. The Bertz CT molecular complexity index is 285. The lowest BCUT2D eigenvalue weighted by Crippen LogP contribution is -1.99. The lowest BCUT2D eigenvalue weighted by molar-refractivity contribution is 0.185. The van der Waals surface area contributed by atoms with Crippen molar-refractivity contribution in [2.75, 3.05) is 0 Å². The summed E-state index contributed by atoms with van der Waals surface area (Å²) in [6.45, 7) is 1.78. The van der Waals surface area contributed by atoms with Gasteiger partial charge in [0.2, 0.25) is 0 Å². The van der Waals surface area contributed by atoms with Crippen LogP contribution in [0.2, 0.25) is 0 Å². The molecule has 1 atom stereocenters. The summed E-state index contributed by atoms with van der Waals surface area (Å²) in [6, 6.07) is 5.86. The number of thiophene rings is 1. The van der Waals surface area contributed by atoms with Crippen LogP contribution < -0.4 is 0 Å². The van der Waals surface area contributed by atoms with E-state index in [4.69, 9.17) is 10.4 Å². The van der Waals surface area contributed by atoms with Gasteiger partial charge >= 0.3 is 0 Å². The van der Waals surface area contributed by atoms with Gasteiger partial charge in [0.25, 0.3) is 0 Å². The summed E-state index contributed by atoms with van der Waals surface area (Å²) in [5.41, 5.74) is 0. The molecule has 0 amide bonds. The molecule has 3 heteroatoms. The molecule has 0 aliphatic heterocycles. The molecule has 12 heavy (non-hydrogen) atoms. The molecule has 0 bridgehead atoms. The van der Waals surface area contributed by atoms with E-state index >= 15 is 0 Å². The van der Waals surface area contributed by atoms with Crippen LogP contribution in [0.25, 0.3) is 0 Å². The molecule has 2 nitrogen and oxygen atoms in total. The van der Waals surface area contributed by atoms with Gasteiger partial charge in [-0.25, -0.2) is 0 Å². The topological polar surface area (TPSA) is 44.0 Å². The highest BCUT2D eigenvalue weighted by Gasteiger charge is 2.01. The van der Waals surface area contributed by atoms with Gasteiger partial charge < -0.3 is 5.11 Å². The minimum atomic E-state index is -0.252. The standard InChI is InChI=1S/C9H11NOS/c1-7(11)2-3-8-4-5-9(6-10)12-8/h4-5,7,11H,2-3H2,1H3/t7-/m0/s1. The van der Waals surface area contributed by atoms with Crippen LogP contribution in [0.1, 0.15) is 23.1 Å². The van der Waals surface area contributed by atoms with Crippen molar-refractivity contribution < 1.29 is 5.11 Å². The zero-order valence-corrected chi connectivity index (χ0v) is 7.77. The van der Waals surface area contributed by atoms with Gasteiger partial charge in [-0.2, -0.15) is 5.26 Å². The first-order valence-electron chi connectivity index (χ1n) is 3.89. The van der Waals surface area contributed by atoms with E-state index in [9.17, 15) is 0 Å². The molecule has 1 rings (SSSR count).